The van der Waals surface area contributed by atoms with Gasteiger partial charge in [0.25, 0.3) is 0 Å². The van der Waals surface area contributed by atoms with Crippen LogP contribution in [0.3, 0.4) is 0 Å². The molecule has 0 aromatic heterocycles. The van der Waals surface area contributed by atoms with Crippen LogP contribution in [0.15, 0.2) is 0 Å². The van der Waals surface area contributed by atoms with Crippen molar-refractivity contribution in [3.8, 4) is 0 Å². The van der Waals surface area contributed by atoms with Gasteiger partial charge in [-0.05, 0) is 18.8 Å². The molecule has 1 amide bonds. The molecular weight excluding hydrogens is 204 g/mol. The maximum Gasteiger partial charge on any atom is 0.407 e. The van der Waals surface area contributed by atoms with Gasteiger partial charge in [-0.25, -0.2) is 4.79 Å². The molecule has 0 spiro atoms. The normalized spacial score (nSPS) is 30.1. The van der Waals surface area contributed by atoms with E-state index in [4.69, 9.17) is 5.11 Å². The predicted octanol–water partition coefficient (Wildman–Crippen LogP) is 2.11. The minimum absolute atomic E-state index is 0.681. The van der Waals surface area contributed by atoms with E-state index in [9.17, 15) is 4.79 Å². The molecule has 2 fully saturated rings. The summed E-state index contributed by atoms with van der Waals surface area (Å²) < 4.78 is 0. The van der Waals surface area contributed by atoms with Crippen molar-refractivity contribution in [2.75, 3.05) is 26.2 Å². The van der Waals surface area contributed by atoms with Gasteiger partial charge in [0, 0.05) is 32.2 Å². The minimum Gasteiger partial charge on any atom is -0.465 e. The van der Waals surface area contributed by atoms with Crippen molar-refractivity contribution in [1.29, 1.82) is 0 Å². The fraction of sp³-hybridized carbons (Fsp3) is 0.917. The van der Waals surface area contributed by atoms with E-state index >= 15 is 0 Å². The van der Waals surface area contributed by atoms with Crippen molar-refractivity contribution >= 4 is 6.09 Å². The highest BCUT2D eigenvalue weighted by Crippen LogP contribution is 2.31. The summed E-state index contributed by atoms with van der Waals surface area (Å²) in [6.07, 6.45) is 1.83. The second kappa shape index (κ2) is 6.09. The van der Waals surface area contributed by atoms with Gasteiger partial charge < -0.3 is 10.0 Å². The first kappa shape index (κ1) is 13.3. The summed E-state index contributed by atoms with van der Waals surface area (Å²) in [6.45, 7) is 9.48. The highest BCUT2D eigenvalue weighted by molar-refractivity contribution is 5.65. The van der Waals surface area contributed by atoms with E-state index in [1.165, 1.54) is 17.7 Å². The number of piperazine rings is 1. The average molecular weight is 228 g/mol. The highest BCUT2D eigenvalue weighted by atomic mass is 16.4. The molecule has 0 radical (unpaired) electrons. The Morgan fingerprint density at radius 3 is 2.00 bits per heavy atom. The van der Waals surface area contributed by atoms with Crippen molar-refractivity contribution in [3.05, 3.63) is 0 Å². The first-order valence-electron chi connectivity index (χ1n) is 6.38. The number of amides is 1. The van der Waals surface area contributed by atoms with Crippen LogP contribution in [0.25, 0.3) is 0 Å². The topological polar surface area (TPSA) is 43.8 Å². The van der Waals surface area contributed by atoms with Crippen molar-refractivity contribution < 1.29 is 9.90 Å². The third-order valence-corrected chi connectivity index (χ3v) is 3.45. The number of carbonyl (C=O) groups is 1. The Bertz CT molecular complexity index is 219. The molecule has 0 unspecified atom stereocenters. The Morgan fingerprint density at radius 1 is 1.12 bits per heavy atom. The van der Waals surface area contributed by atoms with Gasteiger partial charge in [0.15, 0.2) is 0 Å². The molecular formula is C12H24N2O2. The molecule has 0 atom stereocenters. The smallest absolute Gasteiger partial charge is 0.407 e. The zero-order valence-electron chi connectivity index (χ0n) is 10.6. The van der Waals surface area contributed by atoms with E-state index in [1.807, 2.05) is 13.8 Å². The zero-order valence-corrected chi connectivity index (χ0v) is 10.6. The molecule has 1 heterocycles. The van der Waals surface area contributed by atoms with Crippen molar-refractivity contribution in [3.63, 3.8) is 0 Å². The quantitative estimate of drug-likeness (QED) is 0.747. The SMILES string of the molecule is CC.CC1CC(N2CCN(C(=O)O)CC2)C1. The molecule has 1 saturated carbocycles. The Hall–Kier alpha value is -0.770. The summed E-state index contributed by atoms with van der Waals surface area (Å²) in [5.41, 5.74) is 0. The lowest BCUT2D eigenvalue weighted by Gasteiger charge is -2.45. The molecule has 2 aliphatic rings. The number of carboxylic acid groups (broad SMARTS) is 1. The van der Waals surface area contributed by atoms with Gasteiger partial charge in [0.1, 0.15) is 0 Å². The number of hydrogen-bond acceptors (Lipinski definition) is 2. The van der Waals surface area contributed by atoms with Crippen LogP contribution >= 0.6 is 0 Å². The van der Waals surface area contributed by atoms with Crippen LogP contribution in [0, 0.1) is 5.92 Å². The van der Waals surface area contributed by atoms with Gasteiger partial charge in [0.2, 0.25) is 0 Å². The molecule has 1 N–H and O–H groups in total. The van der Waals surface area contributed by atoms with E-state index < -0.39 is 6.09 Å². The maximum atomic E-state index is 10.7. The Kier molecular flexibility index (Phi) is 5.06. The van der Waals surface area contributed by atoms with Crippen molar-refractivity contribution in [1.82, 2.24) is 9.80 Å². The van der Waals surface area contributed by atoms with Gasteiger partial charge in [-0.15, -0.1) is 0 Å². The molecule has 2 rings (SSSR count). The molecule has 4 nitrogen and oxygen atoms in total. The van der Waals surface area contributed by atoms with E-state index in [-0.39, 0.29) is 0 Å². The predicted molar refractivity (Wildman–Crippen MR) is 64.7 cm³/mol. The van der Waals surface area contributed by atoms with Crippen molar-refractivity contribution in [2.45, 2.75) is 39.7 Å². The summed E-state index contributed by atoms with van der Waals surface area (Å²) >= 11 is 0. The molecule has 4 heteroatoms. The summed E-state index contributed by atoms with van der Waals surface area (Å²) in [6, 6.07) is 0.737. The molecule has 0 bridgehead atoms. The van der Waals surface area contributed by atoms with E-state index in [0.717, 1.165) is 25.0 Å². The Morgan fingerprint density at radius 2 is 1.62 bits per heavy atom. The fourth-order valence-electron chi connectivity index (χ4n) is 2.44. The lowest BCUT2D eigenvalue weighted by atomic mass is 9.80. The Balaban J connectivity index is 0.000000606. The monoisotopic (exact) mass is 228 g/mol. The van der Waals surface area contributed by atoms with Crippen LogP contribution < -0.4 is 0 Å². The van der Waals surface area contributed by atoms with Crippen LogP contribution in [-0.2, 0) is 0 Å². The second-order valence-electron chi connectivity index (χ2n) is 4.54. The summed E-state index contributed by atoms with van der Waals surface area (Å²) in [5, 5.41) is 8.78. The lowest BCUT2D eigenvalue weighted by molar-refractivity contribution is 0.0390. The third kappa shape index (κ3) is 3.11. The summed E-state index contributed by atoms with van der Waals surface area (Å²) in [5.74, 6) is 0.873. The van der Waals surface area contributed by atoms with Crippen LogP contribution in [-0.4, -0.2) is 53.2 Å². The van der Waals surface area contributed by atoms with Gasteiger partial charge in [-0.3, -0.25) is 4.90 Å². The molecule has 1 aliphatic heterocycles. The molecule has 1 saturated heterocycles. The van der Waals surface area contributed by atoms with Gasteiger partial charge in [0.05, 0.1) is 0 Å². The second-order valence-corrected chi connectivity index (χ2v) is 4.54. The molecule has 16 heavy (non-hydrogen) atoms. The summed E-state index contributed by atoms with van der Waals surface area (Å²) in [7, 11) is 0. The van der Waals surface area contributed by atoms with Gasteiger partial charge in [-0.2, -0.15) is 0 Å². The van der Waals surface area contributed by atoms with Crippen LogP contribution in [0.2, 0.25) is 0 Å². The van der Waals surface area contributed by atoms with E-state index in [1.54, 1.807) is 0 Å². The third-order valence-electron chi connectivity index (χ3n) is 3.45. The maximum absolute atomic E-state index is 10.7. The van der Waals surface area contributed by atoms with E-state index in [2.05, 4.69) is 11.8 Å². The van der Waals surface area contributed by atoms with Crippen LogP contribution in [0.1, 0.15) is 33.6 Å². The Labute approximate surface area is 98.2 Å². The first-order valence-corrected chi connectivity index (χ1v) is 6.38. The standard InChI is InChI=1S/C10H18N2O2.C2H6/c1-8-6-9(7-8)11-2-4-12(5-3-11)10(13)14;1-2/h8-9H,2-7H2,1H3,(H,13,14);1-2H3. The fourth-order valence-corrected chi connectivity index (χ4v) is 2.44. The van der Waals surface area contributed by atoms with Gasteiger partial charge >= 0.3 is 6.09 Å². The average Bonchev–Trinajstić information content (AvgIpc) is 2.28. The molecule has 94 valence electrons. The largest absolute Gasteiger partial charge is 0.465 e. The van der Waals surface area contributed by atoms with Crippen LogP contribution in [0.4, 0.5) is 4.79 Å². The van der Waals surface area contributed by atoms with Crippen molar-refractivity contribution in [2.24, 2.45) is 5.92 Å². The molecule has 0 aromatic carbocycles. The first-order chi connectivity index (χ1) is 7.66. The number of hydrogen-bond donors (Lipinski definition) is 1. The molecule has 0 aromatic rings. The number of rotatable bonds is 1. The van der Waals surface area contributed by atoms with Crippen LogP contribution in [0.5, 0.6) is 0 Å². The lowest BCUT2D eigenvalue weighted by Crippen LogP contribution is -2.54. The minimum atomic E-state index is -0.772. The van der Waals surface area contributed by atoms with Gasteiger partial charge in [-0.1, -0.05) is 20.8 Å². The zero-order chi connectivity index (χ0) is 12.1. The number of nitrogens with zero attached hydrogens (tertiary/aromatic N) is 2. The highest BCUT2D eigenvalue weighted by Gasteiger charge is 2.33. The summed E-state index contributed by atoms with van der Waals surface area (Å²) in [4.78, 5) is 14.6. The van der Waals surface area contributed by atoms with E-state index in [0.29, 0.717) is 13.1 Å². The molecule has 1 aliphatic carbocycles.